The third-order valence-corrected chi connectivity index (χ3v) is 5.16. The van der Waals surface area contributed by atoms with Gasteiger partial charge in [-0.15, -0.1) is 11.8 Å². The molecule has 0 spiro atoms. The van der Waals surface area contributed by atoms with Gasteiger partial charge in [-0.1, -0.05) is 18.2 Å². The van der Waals surface area contributed by atoms with Crippen molar-refractivity contribution in [3.8, 4) is 5.69 Å². The Morgan fingerprint density at radius 1 is 1.14 bits per heavy atom. The largest absolute Gasteiger partial charge is 0.323 e. The van der Waals surface area contributed by atoms with Crippen LogP contribution in [0.1, 0.15) is 28.7 Å². The number of ketones is 1. The third-order valence-electron chi connectivity index (χ3n) is 4.11. The lowest BCUT2D eigenvalue weighted by molar-refractivity contribution is -0.113. The van der Waals surface area contributed by atoms with Crippen LogP contribution in [0.5, 0.6) is 0 Å². The first kappa shape index (κ1) is 19.8. The molecule has 0 atom stereocenters. The Bertz CT molecular complexity index is 1050. The molecule has 0 aliphatic carbocycles. The summed E-state index contributed by atoms with van der Waals surface area (Å²) >= 11 is 1.08. The molecule has 3 aromatic rings. The molecular formula is C21H20FN3O2S. The zero-order valence-electron chi connectivity index (χ0n) is 15.8. The van der Waals surface area contributed by atoms with Gasteiger partial charge in [0.05, 0.1) is 22.8 Å². The standard InChI is InChI=1S/C21H20FN3O2S/c1-13-10-14(2)25(24-13)19-7-5-4-6-18(19)23-21(27)12-28-20-9-8-16(15(3)26)11-17(20)22/h4-11H,12H2,1-3H3,(H,23,27). The van der Waals surface area contributed by atoms with Crippen LogP contribution in [-0.2, 0) is 4.79 Å². The molecule has 0 aliphatic heterocycles. The van der Waals surface area contributed by atoms with Crippen LogP contribution in [0, 0.1) is 19.7 Å². The van der Waals surface area contributed by atoms with Crippen molar-refractivity contribution < 1.29 is 14.0 Å². The minimum atomic E-state index is -0.506. The number of aromatic nitrogens is 2. The molecule has 0 fully saturated rings. The molecule has 1 N–H and O–H groups in total. The van der Waals surface area contributed by atoms with E-state index in [1.54, 1.807) is 16.8 Å². The molecule has 0 bridgehead atoms. The number of carbonyl (C=O) groups is 2. The van der Waals surface area contributed by atoms with Crippen molar-refractivity contribution in [1.82, 2.24) is 9.78 Å². The number of halogens is 1. The summed E-state index contributed by atoms with van der Waals surface area (Å²) in [6, 6.07) is 13.6. The molecule has 28 heavy (non-hydrogen) atoms. The van der Waals surface area contributed by atoms with Crippen molar-refractivity contribution in [3.05, 3.63) is 71.3 Å². The summed E-state index contributed by atoms with van der Waals surface area (Å²) in [6.07, 6.45) is 0. The second-order valence-corrected chi connectivity index (χ2v) is 7.41. The molecular weight excluding hydrogens is 377 g/mol. The van der Waals surface area contributed by atoms with Gasteiger partial charge in [-0.3, -0.25) is 9.59 Å². The number of nitrogens with one attached hydrogen (secondary N) is 1. The van der Waals surface area contributed by atoms with Gasteiger partial charge in [-0.25, -0.2) is 9.07 Å². The molecule has 0 unspecified atom stereocenters. The summed E-state index contributed by atoms with van der Waals surface area (Å²) < 4.78 is 15.9. The number of amides is 1. The number of benzene rings is 2. The minimum Gasteiger partial charge on any atom is -0.323 e. The SMILES string of the molecule is CC(=O)c1ccc(SCC(=O)Nc2ccccc2-n2nc(C)cc2C)c(F)c1. The van der Waals surface area contributed by atoms with Gasteiger partial charge in [-0.05, 0) is 51.1 Å². The monoisotopic (exact) mass is 397 g/mol. The maximum Gasteiger partial charge on any atom is 0.234 e. The van der Waals surface area contributed by atoms with E-state index in [1.165, 1.54) is 19.1 Å². The number of nitrogens with zero attached hydrogens (tertiary/aromatic N) is 2. The summed E-state index contributed by atoms with van der Waals surface area (Å²) in [4.78, 5) is 24.0. The first-order valence-electron chi connectivity index (χ1n) is 8.71. The van der Waals surface area contributed by atoms with Crippen LogP contribution in [-0.4, -0.2) is 27.2 Å². The average Bonchev–Trinajstić information content (AvgIpc) is 2.99. The normalized spacial score (nSPS) is 10.7. The number of carbonyl (C=O) groups excluding carboxylic acids is 2. The number of rotatable bonds is 6. The number of hydrogen-bond donors (Lipinski definition) is 1. The van der Waals surface area contributed by atoms with Gasteiger partial charge < -0.3 is 5.32 Å². The zero-order chi connectivity index (χ0) is 20.3. The van der Waals surface area contributed by atoms with E-state index in [0.29, 0.717) is 16.1 Å². The Kier molecular flexibility index (Phi) is 5.94. The second kappa shape index (κ2) is 8.39. The van der Waals surface area contributed by atoms with Crippen molar-refractivity contribution in [2.45, 2.75) is 25.7 Å². The fourth-order valence-corrected chi connectivity index (χ4v) is 3.52. The van der Waals surface area contributed by atoms with Crippen LogP contribution in [0.4, 0.5) is 10.1 Å². The number of thioether (sulfide) groups is 1. The van der Waals surface area contributed by atoms with Gasteiger partial charge in [0.2, 0.25) is 5.91 Å². The topological polar surface area (TPSA) is 64.0 Å². The Balaban J connectivity index is 1.71. The molecule has 0 saturated heterocycles. The zero-order valence-corrected chi connectivity index (χ0v) is 16.6. The lowest BCUT2D eigenvalue weighted by Gasteiger charge is -2.12. The molecule has 1 heterocycles. The lowest BCUT2D eigenvalue weighted by Crippen LogP contribution is -2.16. The van der Waals surface area contributed by atoms with Crippen molar-refractivity contribution in [2.75, 3.05) is 11.1 Å². The summed E-state index contributed by atoms with van der Waals surface area (Å²) in [5, 5.41) is 7.33. The predicted molar refractivity (Wildman–Crippen MR) is 109 cm³/mol. The van der Waals surface area contributed by atoms with Crippen molar-refractivity contribution in [2.24, 2.45) is 0 Å². The Morgan fingerprint density at radius 3 is 2.54 bits per heavy atom. The summed E-state index contributed by atoms with van der Waals surface area (Å²) in [6.45, 7) is 5.24. The molecule has 7 heteroatoms. The summed E-state index contributed by atoms with van der Waals surface area (Å²) in [5.41, 5.74) is 3.56. The summed E-state index contributed by atoms with van der Waals surface area (Å²) in [5.74, 6) is -0.918. The van der Waals surface area contributed by atoms with E-state index in [4.69, 9.17) is 0 Å². The van der Waals surface area contributed by atoms with Gasteiger partial charge in [0, 0.05) is 16.2 Å². The fourth-order valence-electron chi connectivity index (χ4n) is 2.80. The molecule has 0 saturated carbocycles. The average molecular weight is 397 g/mol. The highest BCUT2D eigenvalue weighted by Crippen LogP contribution is 2.25. The smallest absolute Gasteiger partial charge is 0.234 e. The number of aryl methyl sites for hydroxylation is 2. The molecule has 3 rings (SSSR count). The Hall–Kier alpha value is -2.93. The maximum absolute atomic E-state index is 14.1. The van der Waals surface area contributed by atoms with E-state index in [9.17, 15) is 14.0 Å². The highest BCUT2D eigenvalue weighted by atomic mass is 32.2. The van der Waals surface area contributed by atoms with E-state index in [-0.39, 0.29) is 17.4 Å². The first-order chi connectivity index (χ1) is 13.3. The van der Waals surface area contributed by atoms with Crippen molar-refractivity contribution in [1.29, 1.82) is 0 Å². The molecule has 0 radical (unpaired) electrons. The van der Waals surface area contributed by atoms with Crippen LogP contribution >= 0.6 is 11.8 Å². The summed E-state index contributed by atoms with van der Waals surface area (Å²) in [7, 11) is 0. The highest BCUT2D eigenvalue weighted by molar-refractivity contribution is 8.00. The molecule has 1 aromatic heterocycles. The van der Waals surface area contributed by atoms with Gasteiger partial charge in [0.25, 0.3) is 0 Å². The Labute approximate surface area is 167 Å². The van der Waals surface area contributed by atoms with Crippen molar-refractivity contribution >= 4 is 29.1 Å². The quantitative estimate of drug-likeness (QED) is 0.489. The number of hydrogen-bond acceptors (Lipinski definition) is 4. The van der Waals surface area contributed by atoms with E-state index in [1.807, 2.05) is 38.1 Å². The van der Waals surface area contributed by atoms with Gasteiger partial charge >= 0.3 is 0 Å². The van der Waals surface area contributed by atoms with E-state index >= 15 is 0 Å². The number of para-hydroxylation sites is 2. The van der Waals surface area contributed by atoms with Crippen LogP contribution in [0.2, 0.25) is 0 Å². The van der Waals surface area contributed by atoms with Crippen LogP contribution < -0.4 is 5.32 Å². The fraction of sp³-hybridized carbons (Fsp3) is 0.190. The third kappa shape index (κ3) is 4.48. The Morgan fingerprint density at radius 2 is 1.89 bits per heavy atom. The highest BCUT2D eigenvalue weighted by Gasteiger charge is 2.13. The van der Waals surface area contributed by atoms with Crippen LogP contribution in [0.25, 0.3) is 5.69 Å². The van der Waals surface area contributed by atoms with E-state index in [0.717, 1.165) is 28.8 Å². The first-order valence-corrected chi connectivity index (χ1v) is 9.69. The van der Waals surface area contributed by atoms with Crippen molar-refractivity contribution in [3.63, 3.8) is 0 Å². The lowest BCUT2D eigenvalue weighted by atomic mass is 10.1. The predicted octanol–water partition coefficient (Wildman–Crippen LogP) is 4.56. The second-order valence-electron chi connectivity index (χ2n) is 6.39. The minimum absolute atomic E-state index is 0.0434. The molecule has 1 amide bonds. The van der Waals surface area contributed by atoms with Gasteiger partial charge in [0.15, 0.2) is 5.78 Å². The van der Waals surface area contributed by atoms with E-state index in [2.05, 4.69) is 10.4 Å². The number of Topliss-reactive ketones (excluding diaryl/α,β-unsaturated/α-hetero) is 1. The molecule has 0 aliphatic rings. The maximum atomic E-state index is 14.1. The van der Waals surface area contributed by atoms with Gasteiger partial charge in [-0.2, -0.15) is 5.10 Å². The van der Waals surface area contributed by atoms with E-state index < -0.39 is 5.82 Å². The van der Waals surface area contributed by atoms with Crippen LogP contribution in [0.3, 0.4) is 0 Å². The molecule has 144 valence electrons. The molecule has 2 aromatic carbocycles. The number of anilines is 1. The molecule has 5 nitrogen and oxygen atoms in total. The van der Waals surface area contributed by atoms with Crippen LogP contribution in [0.15, 0.2) is 53.4 Å². The van der Waals surface area contributed by atoms with Gasteiger partial charge in [0.1, 0.15) is 5.82 Å².